The third kappa shape index (κ3) is 5.31. The van der Waals surface area contributed by atoms with Gasteiger partial charge in [-0.3, -0.25) is 9.59 Å². The van der Waals surface area contributed by atoms with Crippen LogP contribution in [0.5, 0.6) is 11.5 Å². The lowest BCUT2D eigenvalue weighted by Gasteiger charge is -2.21. The molecule has 6 nitrogen and oxygen atoms in total. The van der Waals surface area contributed by atoms with Crippen molar-refractivity contribution in [2.75, 3.05) is 26.6 Å². The molecule has 0 aliphatic rings. The number of likely N-dealkylation sites (N-methyl/N-ethyl adjacent to an activating group) is 1. The summed E-state index contributed by atoms with van der Waals surface area (Å²) in [6.07, 6.45) is 0. The van der Waals surface area contributed by atoms with Crippen molar-refractivity contribution in [1.82, 2.24) is 0 Å². The van der Waals surface area contributed by atoms with Crippen molar-refractivity contribution in [2.45, 2.75) is 26.4 Å². The minimum Gasteiger partial charge on any atom is -0.493 e. The summed E-state index contributed by atoms with van der Waals surface area (Å²) in [4.78, 5) is 25.1. The van der Waals surface area contributed by atoms with Crippen molar-refractivity contribution >= 4 is 17.4 Å². The number of carbonyl (C=O) groups excluding carboxylic acids is 2. The predicted molar refractivity (Wildman–Crippen MR) is 105 cm³/mol. The van der Waals surface area contributed by atoms with Gasteiger partial charge in [0.25, 0.3) is 5.91 Å². The molecule has 0 bridgehead atoms. The van der Waals surface area contributed by atoms with E-state index in [9.17, 15) is 9.59 Å². The average molecular weight is 371 g/mol. The van der Waals surface area contributed by atoms with Gasteiger partial charge in [0, 0.05) is 16.8 Å². The van der Waals surface area contributed by atoms with E-state index in [1.807, 2.05) is 32.2 Å². The van der Waals surface area contributed by atoms with Crippen LogP contribution in [0.25, 0.3) is 0 Å². The molecular weight excluding hydrogens is 344 g/mol. The lowest BCUT2D eigenvalue weighted by molar-refractivity contribution is -0.907. The van der Waals surface area contributed by atoms with Gasteiger partial charge in [-0.1, -0.05) is 12.1 Å². The van der Waals surface area contributed by atoms with Crippen LogP contribution >= 0.6 is 0 Å². The zero-order chi connectivity index (χ0) is 20.0. The molecule has 0 saturated carbocycles. The summed E-state index contributed by atoms with van der Waals surface area (Å²) in [7, 11) is 5.17. The van der Waals surface area contributed by atoms with E-state index < -0.39 is 0 Å². The first-order valence-electron chi connectivity index (χ1n) is 8.80. The van der Waals surface area contributed by atoms with E-state index in [1.165, 1.54) is 6.92 Å². The van der Waals surface area contributed by atoms with E-state index in [4.69, 9.17) is 9.47 Å². The number of anilines is 1. The maximum absolute atomic E-state index is 12.6. The number of Topliss-reactive ketones (excluding diaryl/α,β-unsaturated/α-hetero) is 1. The Bertz CT molecular complexity index is 820. The molecule has 2 atom stereocenters. The summed E-state index contributed by atoms with van der Waals surface area (Å²) in [5.74, 6) is 1.21. The molecule has 2 rings (SSSR count). The normalized spacial score (nSPS) is 12.8. The number of ether oxygens (including phenoxy) is 2. The lowest BCUT2D eigenvalue weighted by Crippen LogP contribution is -3.12. The van der Waals surface area contributed by atoms with Crippen LogP contribution in [0.15, 0.2) is 42.5 Å². The van der Waals surface area contributed by atoms with Crippen LogP contribution in [0.2, 0.25) is 0 Å². The van der Waals surface area contributed by atoms with Gasteiger partial charge in [-0.25, -0.2) is 0 Å². The van der Waals surface area contributed by atoms with Gasteiger partial charge in [-0.2, -0.15) is 0 Å². The van der Waals surface area contributed by atoms with E-state index in [0.29, 0.717) is 29.3 Å². The number of nitrogens with one attached hydrogen (secondary N) is 2. The summed E-state index contributed by atoms with van der Waals surface area (Å²) in [6.45, 7) is 4.04. The molecule has 2 aromatic carbocycles. The molecule has 2 N–H and O–H groups in total. The molecule has 0 saturated heterocycles. The Morgan fingerprint density at radius 3 is 2.41 bits per heavy atom. The van der Waals surface area contributed by atoms with Gasteiger partial charge in [-0.15, -0.1) is 0 Å². The van der Waals surface area contributed by atoms with Crippen LogP contribution in [0.1, 0.15) is 29.8 Å². The molecule has 2 aromatic rings. The summed E-state index contributed by atoms with van der Waals surface area (Å²) < 4.78 is 10.6. The molecule has 0 radical (unpaired) electrons. The van der Waals surface area contributed by atoms with E-state index >= 15 is 0 Å². The second kappa shape index (κ2) is 9.19. The molecule has 0 spiro atoms. The standard InChI is InChI=1S/C21H26N2O4/c1-14(21(25)22-18-8-6-7-17(12-18)15(2)24)23(3)13-16-9-10-19(26-4)20(11-16)27-5/h6-12,14H,13H2,1-5H3,(H,22,25)/p+1/t14-/m1/s1. The van der Waals surface area contributed by atoms with Gasteiger partial charge in [0.15, 0.2) is 23.3 Å². The van der Waals surface area contributed by atoms with Crippen LogP contribution in [-0.4, -0.2) is 39.0 Å². The second-order valence-electron chi connectivity index (χ2n) is 6.56. The summed E-state index contributed by atoms with van der Waals surface area (Å²) in [5.41, 5.74) is 2.24. The smallest absolute Gasteiger partial charge is 0.282 e. The topological polar surface area (TPSA) is 69.1 Å². The van der Waals surface area contributed by atoms with Crippen molar-refractivity contribution in [3.05, 3.63) is 53.6 Å². The lowest BCUT2D eigenvalue weighted by atomic mass is 10.1. The van der Waals surface area contributed by atoms with Crippen LogP contribution in [-0.2, 0) is 11.3 Å². The van der Waals surface area contributed by atoms with E-state index in [-0.39, 0.29) is 17.7 Å². The molecule has 1 unspecified atom stereocenters. The Morgan fingerprint density at radius 2 is 1.78 bits per heavy atom. The van der Waals surface area contributed by atoms with Gasteiger partial charge >= 0.3 is 0 Å². The monoisotopic (exact) mass is 371 g/mol. The van der Waals surface area contributed by atoms with Gasteiger partial charge in [0.1, 0.15) is 6.54 Å². The highest BCUT2D eigenvalue weighted by Gasteiger charge is 2.22. The first kappa shape index (κ1) is 20.5. The third-order valence-corrected chi connectivity index (χ3v) is 4.60. The van der Waals surface area contributed by atoms with E-state index in [0.717, 1.165) is 10.5 Å². The van der Waals surface area contributed by atoms with Crippen molar-refractivity contribution in [3.8, 4) is 11.5 Å². The van der Waals surface area contributed by atoms with Crippen molar-refractivity contribution in [3.63, 3.8) is 0 Å². The number of rotatable bonds is 8. The minimum absolute atomic E-state index is 0.0321. The maximum Gasteiger partial charge on any atom is 0.282 e. The number of methoxy groups -OCH3 is 2. The van der Waals surface area contributed by atoms with Gasteiger partial charge in [0.2, 0.25) is 0 Å². The SMILES string of the molecule is COc1ccc(C[NH+](C)[C@H](C)C(=O)Nc2cccc(C(C)=O)c2)cc1OC. The maximum atomic E-state index is 12.6. The average Bonchev–Trinajstić information content (AvgIpc) is 2.67. The van der Waals surface area contributed by atoms with E-state index in [1.54, 1.807) is 38.5 Å². The fourth-order valence-electron chi connectivity index (χ4n) is 2.76. The molecule has 27 heavy (non-hydrogen) atoms. The zero-order valence-corrected chi connectivity index (χ0v) is 16.5. The third-order valence-electron chi connectivity index (χ3n) is 4.60. The predicted octanol–water partition coefficient (Wildman–Crippen LogP) is 1.95. The Kier molecular flexibility index (Phi) is 6.96. The number of hydrogen-bond donors (Lipinski definition) is 2. The molecule has 0 fully saturated rings. The molecule has 1 amide bonds. The summed E-state index contributed by atoms with van der Waals surface area (Å²) in [6, 6.07) is 12.4. The number of quaternary nitrogens is 1. The van der Waals surface area contributed by atoms with Crippen molar-refractivity contribution < 1.29 is 24.0 Å². The van der Waals surface area contributed by atoms with Crippen molar-refractivity contribution in [1.29, 1.82) is 0 Å². The molecule has 6 heteroatoms. The quantitative estimate of drug-likeness (QED) is 0.696. The summed E-state index contributed by atoms with van der Waals surface area (Å²) in [5, 5.41) is 2.89. The molecule has 0 heterocycles. The van der Waals surface area contributed by atoms with Crippen molar-refractivity contribution in [2.24, 2.45) is 0 Å². The minimum atomic E-state index is -0.279. The highest BCUT2D eigenvalue weighted by molar-refractivity contribution is 5.97. The fourth-order valence-corrected chi connectivity index (χ4v) is 2.76. The Balaban J connectivity index is 2.04. The molecule has 0 aliphatic heterocycles. The fraction of sp³-hybridized carbons (Fsp3) is 0.333. The molecule has 0 aromatic heterocycles. The highest BCUT2D eigenvalue weighted by atomic mass is 16.5. The Morgan fingerprint density at radius 1 is 1.07 bits per heavy atom. The largest absolute Gasteiger partial charge is 0.493 e. The van der Waals surface area contributed by atoms with Crippen LogP contribution in [0, 0.1) is 0 Å². The highest BCUT2D eigenvalue weighted by Crippen LogP contribution is 2.27. The van der Waals surface area contributed by atoms with Gasteiger partial charge in [-0.05, 0) is 44.2 Å². The Hall–Kier alpha value is -2.86. The number of amides is 1. The van der Waals surface area contributed by atoms with Crippen LogP contribution in [0.3, 0.4) is 0 Å². The van der Waals surface area contributed by atoms with Gasteiger partial charge < -0.3 is 19.7 Å². The molecule has 144 valence electrons. The zero-order valence-electron chi connectivity index (χ0n) is 16.5. The second-order valence-corrected chi connectivity index (χ2v) is 6.56. The van der Waals surface area contributed by atoms with Crippen LogP contribution < -0.4 is 19.7 Å². The summed E-state index contributed by atoms with van der Waals surface area (Å²) >= 11 is 0. The number of benzene rings is 2. The molecule has 0 aliphatic carbocycles. The van der Waals surface area contributed by atoms with E-state index in [2.05, 4.69) is 5.32 Å². The molecular formula is C21H27N2O4+. The van der Waals surface area contributed by atoms with Crippen LogP contribution in [0.4, 0.5) is 5.69 Å². The Labute approximate surface area is 160 Å². The van der Waals surface area contributed by atoms with Gasteiger partial charge in [0.05, 0.1) is 21.3 Å². The first-order valence-corrected chi connectivity index (χ1v) is 8.80. The number of ketones is 1. The number of carbonyl (C=O) groups is 2. The number of hydrogen-bond acceptors (Lipinski definition) is 4. The first-order chi connectivity index (χ1) is 12.8.